The maximum absolute atomic E-state index is 12.6. The van der Waals surface area contributed by atoms with Gasteiger partial charge in [-0.15, -0.1) is 0 Å². The van der Waals surface area contributed by atoms with Crippen molar-refractivity contribution < 1.29 is 13.9 Å². The summed E-state index contributed by atoms with van der Waals surface area (Å²) in [5.74, 6) is -0.782. The van der Waals surface area contributed by atoms with E-state index in [1.807, 2.05) is 0 Å². The van der Waals surface area contributed by atoms with Crippen LogP contribution >= 0.6 is 0 Å². The van der Waals surface area contributed by atoms with Crippen LogP contribution in [0, 0.1) is 12.7 Å². The highest BCUT2D eigenvalue weighted by molar-refractivity contribution is 6.02. The first-order valence-corrected chi connectivity index (χ1v) is 7.76. The van der Waals surface area contributed by atoms with Crippen LogP contribution in [0.3, 0.4) is 0 Å². The number of aromatic nitrogens is 2. The topological polar surface area (TPSA) is 84.1 Å². The van der Waals surface area contributed by atoms with Crippen molar-refractivity contribution in [1.82, 2.24) is 9.97 Å². The van der Waals surface area contributed by atoms with Crippen LogP contribution in [0.5, 0.6) is 0 Å². The Morgan fingerprint density at radius 1 is 1.25 bits per heavy atom. The molecule has 24 heavy (non-hydrogen) atoms. The summed E-state index contributed by atoms with van der Waals surface area (Å²) < 4.78 is 17.7. The predicted molar refractivity (Wildman–Crippen MR) is 88.6 cm³/mol. The van der Waals surface area contributed by atoms with Gasteiger partial charge < -0.3 is 15.0 Å². The zero-order chi connectivity index (χ0) is 17.4. The molecule has 6 nitrogen and oxygen atoms in total. The van der Waals surface area contributed by atoms with Crippen LogP contribution in [0.15, 0.2) is 35.3 Å². The molecule has 0 saturated carbocycles. The Morgan fingerprint density at radius 3 is 2.50 bits per heavy atom. The molecule has 0 aliphatic carbocycles. The molecule has 1 aliphatic rings. The fourth-order valence-corrected chi connectivity index (χ4v) is 2.12. The zero-order valence-electron chi connectivity index (χ0n) is 13.5. The second-order valence-electron chi connectivity index (χ2n) is 5.40. The van der Waals surface area contributed by atoms with E-state index in [9.17, 15) is 14.0 Å². The van der Waals surface area contributed by atoms with Crippen LogP contribution in [0.4, 0.5) is 10.2 Å². The van der Waals surface area contributed by atoms with Crippen molar-refractivity contribution in [3.05, 3.63) is 57.9 Å². The fraction of sp³-hybridized carbons (Fsp3) is 0.353. The average molecular weight is 333 g/mol. The molecule has 3 rings (SSSR count). The van der Waals surface area contributed by atoms with Crippen LogP contribution in [0.25, 0.3) is 0 Å². The van der Waals surface area contributed by atoms with E-state index in [1.54, 1.807) is 6.92 Å². The molecule has 0 atom stereocenters. The number of nitrogens with zero attached hydrogens (tertiary/aromatic N) is 1. The summed E-state index contributed by atoms with van der Waals surface area (Å²) in [5, 5.41) is 2.45. The molecular formula is C17H20FN3O3. The van der Waals surface area contributed by atoms with Gasteiger partial charge in [0.15, 0.2) is 5.43 Å². The third kappa shape index (κ3) is 5.92. The number of pyridine rings is 2. The molecule has 128 valence electrons. The van der Waals surface area contributed by atoms with Gasteiger partial charge in [0.05, 0.1) is 6.20 Å². The van der Waals surface area contributed by atoms with E-state index < -0.39 is 11.7 Å². The Kier molecular flexibility index (Phi) is 6.62. The smallest absolute Gasteiger partial charge is 0.273 e. The largest absolute Gasteiger partial charge is 0.381 e. The third-order valence-electron chi connectivity index (χ3n) is 3.27. The number of halogens is 1. The van der Waals surface area contributed by atoms with Crippen LogP contribution in [0.1, 0.15) is 35.4 Å². The highest BCUT2D eigenvalue weighted by Crippen LogP contribution is 2.05. The Labute approximate surface area is 139 Å². The average Bonchev–Trinajstić information content (AvgIpc) is 2.58. The van der Waals surface area contributed by atoms with Gasteiger partial charge in [0.2, 0.25) is 0 Å². The van der Waals surface area contributed by atoms with Gasteiger partial charge in [0.25, 0.3) is 5.91 Å². The number of anilines is 1. The normalized spacial score (nSPS) is 13.6. The molecule has 7 heteroatoms. The van der Waals surface area contributed by atoms with E-state index in [0.717, 1.165) is 19.4 Å². The lowest BCUT2D eigenvalue weighted by atomic mass is 10.2. The molecule has 0 bridgehead atoms. The van der Waals surface area contributed by atoms with E-state index >= 15 is 0 Å². The van der Waals surface area contributed by atoms with Gasteiger partial charge >= 0.3 is 0 Å². The number of hydrogen-bond acceptors (Lipinski definition) is 4. The lowest BCUT2D eigenvalue weighted by Gasteiger charge is -2.08. The summed E-state index contributed by atoms with van der Waals surface area (Å²) in [6, 6.07) is 5.08. The molecule has 0 aromatic carbocycles. The highest BCUT2D eigenvalue weighted by Gasteiger charge is 2.08. The minimum absolute atomic E-state index is 0.131. The molecule has 1 aliphatic heterocycles. The molecule has 3 heterocycles. The van der Waals surface area contributed by atoms with Gasteiger partial charge in [-0.1, -0.05) is 0 Å². The number of H-pyrrole nitrogens is 1. The van der Waals surface area contributed by atoms with Crippen molar-refractivity contribution in [2.24, 2.45) is 0 Å². The first-order valence-electron chi connectivity index (χ1n) is 7.76. The number of hydrogen-bond donors (Lipinski definition) is 2. The van der Waals surface area contributed by atoms with Crippen molar-refractivity contribution in [2.45, 2.75) is 26.2 Å². The van der Waals surface area contributed by atoms with Gasteiger partial charge in [-0.25, -0.2) is 9.37 Å². The molecular weight excluding hydrogens is 313 g/mol. The number of carbonyl (C=O) groups is 1. The Hall–Kier alpha value is -2.54. The number of nitrogens with one attached hydrogen (secondary N) is 2. The Bertz CT molecular complexity index is 713. The molecule has 1 fully saturated rings. The monoisotopic (exact) mass is 333 g/mol. The molecule has 1 saturated heterocycles. The quantitative estimate of drug-likeness (QED) is 0.885. The maximum atomic E-state index is 12.6. The summed E-state index contributed by atoms with van der Waals surface area (Å²) in [6.07, 6.45) is 4.93. The van der Waals surface area contributed by atoms with Crippen LogP contribution < -0.4 is 10.7 Å². The van der Waals surface area contributed by atoms with Gasteiger partial charge in [0, 0.05) is 31.0 Å². The Morgan fingerprint density at radius 2 is 2.00 bits per heavy atom. The minimum Gasteiger partial charge on any atom is -0.381 e. The van der Waals surface area contributed by atoms with Gasteiger partial charge in [-0.3, -0.25) is 9.59 Å². The molecule has 0 spiro atoms. The molecule has 2 N–H and O–H groups in total. The third-order valence-corrected chi connectivity index (χ3v) is 3.27. The van der Waals surface area contributed by atoms with Crippen molar-refractivity contribution >= 4 is 11.7 Å². The maximum Gasteiger partial charge on any atom is 0.273 e. The molecule has 2 aromatic rings. The number of carbonyl (C=O) groups excluding carboxylic acids is 1. The molecule has 2 aromatic heterocycles. The van der Waals surface area contributed by atoms with E-state index in [1.165, 1.54) is 43.5 Å². The van der Waals surface area contributed by atoms with Crippen LogP contribution in [0.2, 0.25) is 0 Å². The molecule has 0 radical (unpaired) electrons. The van der Waals surface area contributed by atoms with E-state index in [4.69, 9.17) is 4.74 Å². The van der Waals surface area contributed by atoms with Gasteiger partial charge in [-0.2, -0.15) is 0 Å². The fourth-order valence-electron chi connectivity index (χ4n) is 2.12. The summed E-state index contributed by atoms with van der Waals surface area (Å²) in [7, 11) is 0. The van der Waals surface area contributed by atoms with Gasteiger partial charge in [-0.05, 0) is 38.3 Å². The number of amides is 1. The predicted octanol–water partition coefficient (Wildman–Crippen LogP) is 2.66. The minimum atomic E-state index is -0.505. The zero-order valence-corrected chi connectivity index (χ0v) is 13.5. The van der Waals surface area contributed by atoms with E-state index in [-0.39, 0.29) is 16.9 Å². The summed E-state index contributed by atoms with van der Waals surface area (Å²) >= 11 is 0. The summed E-state index contributed by atoms with van der Waals surface area (Å²) in [6.45, 7) is 3.67. The van der Waals surface area contributed by atoms with Crippen molar-refractivity contribution in [3.63, 3.8) is 0 Å². The van der Waals surface area contributed by atoms with Crippen molar-refractivity contribution in [2.75, 3.05) is 18.5 Å². The van der Waals surface area contributed by atoms with Crippen molar-refractivity contribution in [3.8, 4) is 0 Å². The lowest BCUT2D eigenvalue weighted by molar-refractivity contribution is 0.0968. The van der Waals surface area contributed by atoms with Gasteiger partial charge in [0.1, 0.15) is 17.3 Å². The van der Waals surface area contributed by atoms with Crippen LogP contribution in [-0.2, 0) is 4.74 Å². The van der Waals surface area contributed by atoms with E-state index in [0.29, 0.717) is 5.69 Å². The standard InChI is InChI=1S/C12H10FN3O2.C5H10O/c1-7-4-9(17)5-10(15-7)12(18)16-11-3-2-8(13)6-14-11;1-2-4-6-5-3-1/h2-6H,1H3,(H,15,17)(H,14,16,18);1-5H2. The second-order valence-corrected chi connectivity index (χ2v) is 5.40. The van der Waals surface area contributed by atoms with E-state index in [2.05, 4.69) is 15.3 Å². The molecule has 0 unspecified atom stereocenters. The highest BCUT2D eigenvalue weighted by atomic mass is 19.1. The number of aromatic amines is 1. The summed E-state index contributed by atoms with van der Waals surface area (Å²) in [5.41, 5.74) is 0.453. The number of aryl methyl sites for hydroxylation is 1. The first-order chi connectivity index (χ1) is 11.5. The summed E-state index contributed by atoms with van der Waals surface area (Å²) in [4.78, 5) is 29.5. The first kappa shape index (κ1) is 17.8. The second kappa shape index (κ2) is 8.93. The molecule has 1 amide bonds. The lowest BCUT2D eigenvalue weighted by Crippen LogP contribution is -2.17. The van der Waals surface area contributed by atoms with Crippen molar-refractivity contribution in [1.29, 1.82) is 0 Å². The SMILES string of the molecule is C1CCOCC1.Cc1cc(=O)cc(C(=O)Nc2ccc(F)cn2)[nH]1. The number of rotatable bonds is 2. The Balaban J connectivity index is 0.000000292. The van der Waals surface area contributed by atoms with Crippen LogP contribution in [-0.4, -0.2) is 29.1 Å². The number of ether oxygens (including phenoxy) is 1.